The van der Waals surface area contributed by atoms with Crippen molar-refractivity contribution in [1.29, 1.82) is 0 Å². The van der Waals surface area contributed by atoms with Gasteiger partial charge in [-0.25, -0.2) is 8.78 Å². The van der Waals surface area contributed by atoms with Crippen LogP contribution in [-0.2, 0) is 9.53 Å². The lowest BCUT2D eigenvalue weighted by Gasteiger charge is -2.47. The van der Waals surface area contributed by atoms with Crippen LogP contribution >= 0.6 is 11.6 Å². The maximum Gasteiger partial charge on any atom is 0.267 e. The molecule has 3 rings (SSSR count). The van der Waals surface area contributed by atoms with Gasteiger partial charge in [0.1, 0.15) is 0 Å². The molecule has 1 aromatic heterocycles. The summed E-state index contributed by atoms with van der Waals surface area (Å²) in [6.07, 6.45) is -2.05. The van der Waals surface area contributed by atoms with Crippen LogP contribution in [0.5, 0.6) is 0 Å². The van der Waals surface area contributed by atoms with E-state index in [0.717, 1.165) is 0 Å². The Labute approximate surface area is 137 Å². The molecule has 0 saturated carbocycles. The van der Waals surface area contributed by atoms with Crippen molar-refractivity contribution < 1.29 is 18.3 Å². The van der Waals surface area contributed by atoms with E-state index in [4.69, 9.17) is 16.3 Å². The summed E-state index contributed by atoms with van der Waals surface area (Å²) in [5, 5.41) is 7.31. The van der Waals surface area contributed by atoms with Gasteiger partial charge in [0.15, 0.2) is 11.0 Å². The number of piperidine rings is 1. The maximum absolute atomic E-state index is 13.0. The van der Waals surface area contributed by atoms with Crippen molar-refractivity contribution in [3.8, 4) is 0 Å². The Morgan fingerprint density at radius 2 is 2.22 bits per heavy atom. The van der Waals surface area contributed by atoms with Crippen molar-refractivity contribution in [2.75, 3.05) is 31.1 Å². The quantitative estimate of drug-likeness (QED) is 0.818. The van der Waals surface area contributed by atoms with E-state index < -0.39 is 6.43 Å². The molecule has 1 amide bonds. The van der Waals surface area contributed by atoms with Crippen LogP contribution in [0, 0.1) is 0 Å². The normalized spacial score (nSPS) is 24.7. The van der Waals surface area contributed by atoms with Gasteiger partial charge in [-0.2, -0.15) is 0 Å². The number of aromatic nitrogens is 2. The molecule has 0 aliphatic carbocycles. The Kier molecular flexibility index (Phi) is 4.63. The van der Waals surface area contributed by atoms with Crippen LogP contribution < -0.4 is 4.90 Å². The minimum absolute atomic E-state index is 0.00978. The lowest BCUT2D eigenvalue weighted by molar-refractivity contribution is -0.132. The molecule has 0 radical (unpaired) electrons. The number of rotatable bonds is 2. The van der Waals surface area contributed by atoms with Crippen molar-refractivity contribution in [3.05, 3.63) is 16.8 Å². The van der Waals surface area contributed by atoms with Gasteiger partial charge in [-0.1, -0.05) is 11.6 Å². The summed E-state index contributed by atoms with van der Waals surface area (Å²) in [7, 11) is 0. The number of alkyl halides is 2. The summed E-state index contributed by atoms with van der Waals surface area (Å²) in [5.41, 5.74) is -0.334. The Morgan fingerprint density at radius 3 is 2.91 bits per heavy atom. The van der Waals surface area contributed by atoms with E-state index in [0.29, 0.717) is 38.5 Å². The molecule has 0 unspecified atom stereocenters. The molecule has 0 aromatic carbocycles. The molecule has 0 N–H and O–H groups in total. The molecule has 23 heavy (non-hydrogen) atoms. The monoisotopic (exact) mass is 346 g/mol. The Hall–Kier alpha value is -1.54. The average Bonchev–Trinajstić information content (AvgIpc) is 2.54. The first-order valence-corrected chi connectivity index (χ1v) is 7.80. The van der Waals surface area contributed by atoms with Crippen molar-refractivity contribution in [3.63, 3.8) is 0 Å². The maximum atomic E-state index is 13.0. The summed E-state index contributed by atoms with van der Waals surface area (Å²) in [5.74, 6) is 0.331. The number of fused-ring (bicyclic) bond motifs is 1. The van der Waals surface area contributed by atoms with Gasteiger partial charge in [0.25, 0.3) is 6.43 Å². The smallest absolute Gasteiger partial charge is 0.267 e. The van der Waals surface area contributed by atoms with Crippen LogP contribution in [0.15, 0.2) is 6.07 Å². The van der Waals surface area contributed by atoms with Crippen LogP contribution in [0.1, 0.15) is 25.3 Å². The van der Waals surface area contributed by atoms with Crippen molar-refractivity contribution >= 4 is 23.3 Å². The topological polar surface area (TPSA) is 58.6 Å². The zero-order valence-corrected chi connectivity index (χ0v) is 13.3. The van der Waals surface area contributed by atoms with Crippen LogP contribution in [0.2, 0.25) is 5.15 Å². The summed E-state index contributed by atoms with van der Waals surface area (Å²) < 4.78 is 31.8. The van der Waals surface area contributed by atoms with Gasteiger partial charge in [0.05, 0.1) is 24.3 Å². The first-order valence-electron chi connectivity index (χ1n) is 7.42. The van der Waals surface area contributed by atoms with Crippen molar-refractivity contribution in [1.82, 2.24) is 15.1 Å². The third kappa shape index (κ3) is 3.23. The lowest BCUT2D eigenvalue weighted by Crippen LogP contribution is -2.61. The van der Waals surface area contributed by atoms with Gasteiger partial charge >= 0.3 is 0 Å². The van der Waals surface area contributed by atoms with Crippen LogP contribution in [0.4, 0.5) is 14.6 Å². The summed E-state index contributed by atoms with van der Waals surface area (Å²) in [6, 6.07) is 1.15. The van der Waals surface area contributed by atoms with Crippen molar-refractivity contribution in [2.45, 2.75) is 31.9 Å². The molecule has 2 fully saturated rings. The SMILES string of the molecule is CC(=O)N1CC[C@H]2OCCN(c3cc(C(F)F)c(Cl)nn3)[C@H]2C1. The number of halogens is 3. The summed E-state index contributed by atoms with van der Waals surface area (Å²) in [4.78, 5) is 15.3. The second-order valence-electron chi connectivity index (χ2n) is 5.67. The first kappa shape index (κ1) is 16.3. The highest BCUT2D eigenvalue weighted by molar-refractivity contribution is 6.30. The molecular formula is C14H17ClF2N4O2. The number of morpholine rings is 1. The van der Waals surface area contributed by atoms with E-state index in [1.807, 2.05) is 4.90 Å². The molecule has 126 valence electrons. The number of hydrogen-bond donors (Lipinski definition) is 0. The van der Waals surface area contributed by atoms with Crippen molar-refractivity contribution in [2.24, 2.45) is 0 Å². The zero-order chi connectivity index (χ0) is 16.6. The molecule has 2 aliphatic heterocycles. The minimum Gasteiger partial charge on any atom is -0.374 e. The Bertz CT molecular complexity index is 604. The largest absolute Gasteiger partial charge is 0.374 e. The molecule has 2 atom stereocenters. The molecule has 3 heterocycles. The standard InChI is InChI=1S/C14H17ClF2N4O2/c1-8(22)20-3-2-11-10(7-20)21(4-5-23-11)12-6-9(14(16)17)13(15)19-18-12/h6,10-11,14H,2-5,7H2,1H3/t10-,11+/m0/s1. The van der Waals surface area contributed by atoms with E-state index in [2.05, 4.69) is 10.2 Å². The van der Waals surface area contributed by atoms with Gasteiger partial charge < -0.3 is 14.5 Å². The highest BCUT2D eigenvalue weighted by Crippen LogP contribution is 2.31. The minimum atomic E-state index is -2.71. The van der Waals surface area contributed by atoms with Gasteiger partial charge in [-0.05, 0) is 12.5 Å². The number of ether oxygens (including phenoxy) is 1. The third-order valence-electron chi connectivity index (χ3n) is 4.32. The Balaban J connectivity index is 1.88. The van der Waals surface area contributed by atoms with E-state index in [1.54, 1.807) is 4.90 Å². The van der Waals surface area contributed by atoms with E-state index >= 15 is 0 Å². The summed E-state index contributed by atoms with van der Waals surface area (Å²) in [6.45, 7) is 3.63. The average molecular weight is 347 g/mol. The molecule has 2 saturated heterocycles. The predicted molar refractivity (Wildman–Crippen MR) is 79.7 cm³/mol. The number of hydrogen-bond acceptors (Lipinski definition) is 5. The molecule has 1 aromatic rings. The second kappa shape index (κ2) is 6.52. The van der Waals surface area contributed by atoms with Crippen LogP contribution in [0.3, 0.4) is 0 Å². The van der Waals surface area contributed by atoms with Gasteiger partial charge in [0, 0.05) is 26.6 Å². The van der Waals surface area contributed by atoms with E-state index in [9.17, 15) is 13.6 Å². The molecule has 6 nitrogen and oxygen atoms in total. The molecular weight excluding hydrogens is 330 g/mol. The molecule has 2 aliphatic rings. The molecule has 9 heteroatoms. The second-order valence-corrected chi connectivity index (χ2v) is 6.03. The molecule has 0 bridgehead atoms. The fraction of sp³-hybridized carbons (Fsp3) is 0.643. The highest BCUT2D eigenvalue weighted by Gasteiger charge is 2.38. The number of carbonyl (C=O) groups is 1. The van der Waals surface area contributed by atoms with Crippen LogP contribution in [0.25, 0.3) is 0 Å². The highest BCUT2D eigenvalue weighted by atomic mass is 35.5. The van der Waals surface area contributed by atoms with Gasteiger partial charge in [-0.15, -0.1) is 10.2 Å². The lowest BCUT2D eigenvalue weighted by atomic mass is 9.98. The van der Waals surface area contributed by atoms with Crippen LogP contribution in [-0.4, -0.2) is 59.4 Å². The van der Waals surface area contributed by atoms with Gasteiger partial charge in [-0.3, -0.25) is 4.79 Å². The van der Waals surface area contributed by atoms with E-state index in [1.165, 1.54) is 13.0 Å². The number of carbonyl (C=O) groups excluding carboxylic acids is 1. The number of anilines is 1. The first-order chi connectivity index (χ1) is 11.0. The predicted octanol–water partition coefficient (Wildman–Crippen LogP) is 1.89. The Morgan fingerprint density at radius 1 is 1.43 bits per heavy atom. The van der Waals surface area contributed by atoms with E-state index in [-0.39, 0.29) is 28.8 Å². The fourth-order valence-corrected chi connectivity index (χ4v) is 3.29. The third-order valence-corrected chi connectivity index (χ3v) is 4.62. The van der Waals surface area contributed by atoms with Gasteiger partial charge in [0.2, 0.25) is 5.91 Å². The fourth-order valence-electron chi connectivity index (χ4n) is 3.12. The zero-order valence-electron chi connectivity index (χ0n) is 12.6. The number of nitrogens with zero attached hydrogens (tertiary/aromatic N) is 4. The number of likely N-dealkylation sites (tertiary alicyclic amines) is 1. The summed E-state index contributed by atoms with van der Waals surface area (Å²) >= 11 is 5.68. The number of amides is 1. The molecule has 0 spiro atoms.